The van der Waals surface area contributed by atoms with E-state index in [4.69, 9.17) is 5.73 Å². The fraction of sp³-hybridized carbons (Fsp3) is 0.222. The van der Waals surface area contributed by atoms with Crippen molar-refractivity contribution in [1.82, 2.24) is 0 Å². The van der Waals surface area contributed by atoms with Gasteiger partial charge in [-0.2, -0.15) is 0 Å². The predicted molar refractivity (Wildman–Crippen MR) is 97.5 cm³/mol. The second kappa shape index (κ2) is 6.83. The van der Waals surface area contributed by atoms with Crippen molar-refractivity contribution in [3.63, 3.8) is 0 Å². The molecule has 1 heterocycles. The monoisotopic (exact) mass is 354 g/mol. The lowest BCUT2D eigenvalue weighted by molar-refractivity contribution is -0.385. The molecule has 2 aromatic rings. The minimum absolute atomic E-state index is 0.0750. The molecule has 26 heavy (non-hydrogen) atoms. The number of rotatable bonds is 4. The smallest absolute Gasteiger partial charge is 0.319 e. The number of nitro groups is 1. The van der Waals surface area contributed by atoms with E-state index in [1.54, 1.807) is 24.3 Å². The maximum atomic E-state index is 12.5. The van der Waals surface area contributed by atoms with Gasteiger partial charge in [0.05, 0.1) is 10.6 Å². The third-order valence-corrected chi connectivity index (χ3v) is 4.43. The number of nitro benzene ring substituents is 1. The van der Waals surface area contributed by atoms with Crippen LogP contribution in [0.2, 0.25) is 0 Å². The van der Waals surface area contributed by atoms with E-state index in [9.17, 15) is 19.7 Å². The Morgan fingerprint density at radius 3 is 2.69 bits per heavy atom. The number of aryl methyl sites for hydroxylation is 1. The third kappa shape index (κ3) is 3.21. The highest BCUT2D eigenvalue weighted by molar-refractivity contribution is 6.05. The van der Waals surface area contributed by atoms with E-state index in [-0.39, 0.29) is 11.3 Å². The number of amides is 3. The molecule has 0 aliphatic carbocycles. The zero-order valence-corrected chi connectivity index (χ0v) is 14.2. The molecule has 8 heteroatoms. The second-order valence-corrected chi connectivity index (χ2v) is 5.99. The van der Waals surface area contributed by atoms with E-state index in [0.29, 0.717) is 36.3 Å². The SMILES string of the molecule is CCc1ccc(C(=O)Nc2ccc3c(c2)N(C(N)=O)CC3)cc1[N+](=O)[O-]. The quantitative estimate of drug-likeness (QED) is 0.648. The van der Waals surface area contributed by atoms with E-state index >= 15 is 0 Å². The lowest BCUT2D eigenvalue weighted by Gasteiger charge is -2.15. The van der Waals surface area contributed by atoms with Crippen LogP contribution in [0.5, 0.6) is 0 Å². The van der Waals surface area contributed by atoms with Gasteiger partial charge in [0.2, 0.25) is 0 Å². The fourth-order valence-electron chi connectivity index (χ4n) is 3.06. The maximum absolute atomic E-state index is 12.5. The molecule has 134 valence electrons. The summed E-state index contributed by atoms with van der Waals surface area (Å²) in [6, 6.07) is 9.12. The Hall–Kier alpha value is -3.42. The molecule has 0 spiro atoms. The van der Waals surface area contributed by atoms with Crippen LogP contribution >= 0.6 is 0 Å². The molecule has 3 amide bonds. The number of benzene rings is 2. The summed E-state index contributed by atoms with van der Waals surface area (Å²) in [7, 11) is 0. The molecule has 0 radical (unpaired) electrons. The molecule has 3 N–H and O–H groups in total. The summed E-state index contributed by atoms with van der Waals surface area (Å²) in [4.78, 5) is 36.1. The second-order valence-electron chi connectivity index (χ2n) is 5.99. The van der Waals surface area contributed by atoms with Crippen LogP contribution in [0.25, 0.3) is 0 Å². The van der Waals surface area contributed by atoms with Crippen LogP contribution in [0.4, 0.5) is 21.9 Å². The van der Waals surface area contributed by atoms with Crippen molar-refractivity contribution in [2.24, 2.45) is 5.73 Å². The van der Waals surface area contributed by atoms with Gasteiger partial charge >= 0.3 is 6.03 Å². The van der Waals surface area contributed by atoms with Gasteiger partial charge in [0, 0.05) is 29.4 Å². The Morgan fingerprint density at radius 1 is 1.27 bits per heavy atom. The van der Waals surface area contributed by atoms with Crippen molar-refractivity contribution in [3.8, 4) is 0 Å². The number of fused-ring (bicyclic) bond motifs is 1. The van der Waals surface area contributed by atoms with Crippen molar-refractivity contribution in [2.75, 3.05) is 16.8 Å². The molecular weight excluding hydrogens is 336 g/mol. The number of hydrogen-bond acceptors (Lipinski definition) is 4. The summed E-state index contributed by atoms with van der Waals surface area (Å²) in [5.41, 5.74) is 8.19. The minimum atomic E-state index is -0.544. The molecule has 2 aromatic carbocycles. The first-order chi connectivity index (χ1) is 12.4. The Labute approximate surface area is 149 Å². The summed E-state index contributed by atoms with van der Waals surface area (Å²) in [6.45, 7) is 2.32. The molecule has 0 atom stereocenters. The average Bonchev–Trinajstić information content (AvgIpc) is 3.04. The number of urea groups is 1. The number of hydrogen-bond donors (Lipinski definition) is 2. The van der Waals surface area contributed by atoms with E-state index in [1.807, 2.05) is 13.0 Å². The first-order valence-corrected chi connectivity index (χ1v) is 8.19. The normalized spacial score (nSPS) is 12.6. The molecule has 0 unspecified atom stereocenters. The molecule has 1 aliphatic rings. The standard InChI is InChI=1S/C18H18N4O4/c1-2-11-3-4-13(9-16(11)22(25)26)17(23)20-14-6-5-12-7-8-21(18(19)24)15(12)10-14/h3-6,9-10H,2,7-8H2,1H3,(H2,19,24)(H,20,23). The maximum Gasteiger partial charge on any atom is 0.319 e. The minimum Gasteiger partial charge on any atom is -0.351 e. The number of anilines is 2. The van der Waals surface area contributed by atoms with Gasteiger partial charge in [-0.3, -0.25) is 19.8 Å². The van der Waals surface area contributed by atoms with Crippen LogP contribution in [0.3, 0.4) is 0 Å². The van der Waals surface area contributed by atoms with Gasteiger partial charge in [0.1, 0.15) is 0 Å². The van der Waals surface area contributed by atoms with Gasteiger partial charge < -0.3 is 11.1 Å². The summed E-state index contributed by atoms with van der Waals surface area (Å²) in [5, 5.41) is 13.9. The first-order valence-electron chi connectivity index (χ1n) is 8.19. The van der Waals surface area contributed by atoms with Crippen molar-refractivity contribution in [2.45, 2.75) is 19.8 Å². The molecule has 1 aliphatic heterocycles. The van der Waals surface area contributed by atoms with Gasteiger partial charge in [-0.15, -0.1) is 0 Å². The lowest BCUT2D eigenvalue weighted by atomic mass is 10.1. The largest absolute Gasteiger partial charge is 0.351 e. The van der Waals surface area contributed by atoms with Gasteiger partial charge in [-0.05, 0) is 36.6 Å². The zero-order valence-electron chi connectivity index (χ0n) is 14.2. The highest BCUT2D eigenvalue weighted by atomic mass is 16.6. The zero-order chi connectivity index (χ0) is 18.8. The molecule has 0 bridgehead atoms. The Morgan fingerprint density at radius 2 is 2.04 bits per heavy atom. The Balaban J connectivity index is 1.85. The highest BCUT2D eigenvalue weighted by Crippen LogP contribution is 2.31. The number of carbonyl (C=O) groups excluding carboxylic acids is 2. The Kier molecular flexibility index (Phi) is 4.57. The van der Waals surface area contributed by atoms with Gasteiger partial charge in [-0.25, -0.2) is 4.79 Å². The number of nitrogens with two attached hydrogens (primary N) is 1. The van der Waals surface area contributed by atoms with Crippen LogP contribution in [0.1, 0.15) is 28.4 Å². The fourth-order valence-corrected chi connectivity index (χ4v) is 3.06. The molecular formula is C18H18N4O4. The number of carbonyl (C=O) groups is 2. The van der Waals surface area contributed by atoms with Crippen LogP contribution in [-0.4, -0.2) is 23.4 Å². The van der Waals surface area contributed by atoms with Gasteiger partial charge in [-0.1, -0.05) is 19.1 Å². The molecule has 0 aromatic heterocycles. The molecule has 0 fully saturated rings. The van der Waals surface area contributed by atoms with Crippen molar-refractivity contribution < 1.29 is 14.5 Å². The number of nitrogens with one attached hydrogen (secondary N) is 1. The van der Waals surface area contributed by atoms with Crippen LogP contribution in [-0.2, 0) is 12.8 Å². The predicted octanol–water partition coefficient (Wildman–Crippen LogP) is 2.85. The van der Waals surface area contributed by atoms with Crippen molar-refractivity contribution in [3.05, 3.63) is 63.2 Å². The summed E-state index contributed by atoms with van der Waals surface area (Å²) in [6.07, 6.45) is 1.21. The van der Waals surface area contributed by atoms with E-state index in [0.717, 1.165) is 5.56 Å². The number of nitrogens with zero attached hydrogens (tertiary/aromatic N) is 2. The van der Waals surface area contributed by atoms with Crippen LogP contribution < -0.4 is 16.0 Å². The van der Waals surface area contributed by atoms with E-state index < -0.39 is 16.9 Å². The molecule has 3 rings (SSSR count). The topological polar surface area (TPSA) is 119 Å². The van der Waals surface area contributed by atoms with Gasteiger partial charge in [0.15, 0.2) is 0 Å². The van der Waals surface area contributed by atoms with Gasteiger partial charge in [0.25, 0.3) is 11.6 Å². The summed E-state index contributed by atoms with van der Waals surface area (Å²) < 4.78 is 0. The summed E-state index contributed by atoms with van der Waals surface area (Å²) >= 11 is 0. The Bertz CT molecular complexity index is 910. The lowest BCUT2D eigenvalue weighted by Crippen LogP contribution is -2.34. The molecule has 0 saturated heterocycles. The molecule has 0 saturated carbocycles. The highest BCUT2D eigenvalue weighted by Gasteiger charge is 2.23. The van der Waals surface area contributed by atoms with Crippen LogP contribution in [0.15, 0.2) is 36.4 Å². The average molecular weight is 354 g/mol. The van der Waals surface area contributed by atoms with E-state index in [2.05, 4.69) is 5.32 Å². The number of primary amides is 1. The summed E-state index contributed by atoms with van der Waals surface area (Å²) in [5.74, 6) is -0.459. The molecule has 8 nitrogen and oxygen atoms in total. The first kappa shape index (κ1) is 17.4. The third-order valence-electron chi connectivity index (χ3n) is 4.43. The van der Waals surface area contributed by atoms with E-state index in [1.165, 1.54) is 11.0 Å². The van der Waals surface area contributed by atoms with Crippen molar-refractivity contribution >= 4 is 29.0 Å². The van der Waals surface area contributed by atoms with Crippen LogP contribution in [0, 0.1) is 10.1 Å². The van der Waals surface area contributed by atoms with Crippen molar-refractivity contribution in [1.29, 1.82) is 0 Å².